The van der Waals surface area contributed by atoms with Crippen molar-refractivity contribution >= 4 is 15.9 Å². The molecule has 0 aliphatic carbocycles. The van der Waals surface area contributed by atoms with Gasteiger partial charge in [-0.2, -0.15) is 0 Å². The summed E-state index contributed by atoms with van der Waals surface area (Å²) in [5.74, 6) is 0.443. The van der Waals surface area contributed by atoms with Crippen LogP contribution >= 0.6 is 15.9 Å². The summed E-state index contributed by atoms with van der Waals surface area (Å²) in [7, 11) is 3.42. The molecule has 0 bridgehead atoms. The molecule has 0 aromatic carbocycles. The lowest BCUT2D eigenvalue weighted by atomic mass is 10.3. The van der Waals surface area contributed by atoms with Crippen LogP contribution in [0.3, 0.4) is 0 Å². The topological polar surface area (TPSA) is 71.3 Å². The predicted molar refractivity (Wildman–Crippen MR) is 67.5 cm³/mol. The summed E-state index contributed by atoms with van der Waals surface area (Å²) in [6.45, 7) is 0.542. The van der Waals surface area contributed by atoms with Crippen LogP contribution in [-0.2, 0) is 6.54 Å². The molecule has 0 fully saturated rings. The summed E-state index contributed by atoms with van der Waals surface area (Å²) in [6.07, 6.45) is 2.66. The Balaban J connectivity index is 2.73. The van der Waals surface area contributed by atoms with E-state index in [1.807, 2.05) is 12.1 Å². The molecule has 1 heterocycles. The van der Waals surface area contributed by atoms with Crippen LogP contribution in [0, 0.1) is 10.1 Å². The van der Waals surface area contributed by atoms with Crippen LogP contribution in [0.25, 0.3) is 0 Å². The van der Waals surface area contributed by atoms with E-state index in [4.69, 9.17) is 0 Å². The Morgan fingerprint density at radius 3 is 2.88 bits per heavy atom. The zero-order valence-electron chi connectivity index (χ0n) is 9.55. The maximum atomic E-state index is 10.4. The van der Waals surface area contributed by atoms with Crippen molar-refractivity contribution in [2.75, 3.05) is 14.1 Å². The van der Waals surface area contributed by atoms with Crippen LogP contribution in [0.2, 0.25) is 0 Å². The van der Waals surface area contributed by atoms with E-state index in [0.717, 1.165) is 16.4 Å². The number of nitro groups is 1. The molecule has 17 heavy (non-hydrogen) atoms. The van der Waals surface area contributed by atoms with E-state index in [0.29, 0.717) is 12.4 Å². The fraction of sp³-hybridized carbons (Fsp3) is 0.300. The summed E-state index contributed by atoms with van der Waals surface area (Å²) in [4.78, 5) is 15.8. The van der Waals surface area contributed by atoms with Gasteiger partial charge in [0, 0.05) is 26.8 Å². The second-order valence-electron chi connectivity index (χ2n) is 3.39. The van der Waals surface area contributed by atoms with Crippen molar-refractivity contribution in [3.63, 3.8) is 0 Å². The zero-order chi connectivity index (χ0) is 12.8. The Morgan fingerprint density at radius 1 is 1.71 bits per heavy atom. The highest BCUT2D eigenvalue weighted by molar-refractivity contribution is 9.10. The van der Waals surface area contributed by atoms with Gasteiger partial charge in [0.25, 0.3) is 6.20 Å². The molecule has 1 N–H and O–H groups in total. The number of aromatic nitrogens is 1. The van der Waals surface area contributed by atoms with E-state index < -0.39 is 4.92 Å². The minimum absolute atomic E-state index is 0.443. The van der Waals surface area contributed by atoms with Gasteiger partial charge < -0.3 is 10.2 Å². The summed E-state index contributed by atoms with van der Waals surface area (Å²) >= 11 is 3.25. The first-order chi connectivity index (χ1) is 8.02. The van der Waals surface area contributed by atoms with E-state index in [-0.39, 0.29) is 0 Å². The van der Waals surface area contributed by atoms with Gasteiger partial charge in [0.1, 0.15) is 4.60 Å². The van der Waals surface area contributed by atoms with Gasteiger partial charge >= 0.3 is 0 Å². The number of hydrogen-bond donors (Lipinski definition) is 1. The zero-order valence-corrected chi connectivity index (χ0v) is 11.1. The third-order valence-corrected chi connectivity index (χ3v) is 2.57. The Morgan fingerprint density at radius 2 is 2.41 bits per heavy atom. The fourth-order valence-corrected chi connectivity index (χ4v) is 1.55. The molecule has 6 nitrogen and oxygen atoms in total. The molecule has 7 heteroatoms. The summed E-state index contributed by atoms with van der Waals surface area (Å²) < 4.78 is 0.763. The second-order valence-corrected chi connectivity index (χ2v) is 4.21. The van der Waals surface area contributed by atoms with E-state index in [2.05, 4.69) is 26.2 Å². The van der Waals surface area contributed by atoms with Crippen LogP contribution in [0.4, 0.5) is 0 Å². The lowest BCUT2D eigenvalue weighted by Gasteiger charge is -2.19. The summed E-state index contributed by atoms with van der Waals surface area (Å²) in [5.41, 5.74) is 0.972. The van der Waals surface area contributed by atoms with E-state index in [1.54, 1.807) is 25.2 Å². The number of hydrogen-bond acceptors (Lipinski definition) is 5. The number of pyridine rings is 1. The van der Waals surface area contributed by atoms with Gasteiger partial charge in [0.15, 0.2) is 5.82 Å². The van der Waals surface area contributed by atoms with Crippen molar-refractivity contribution in [2.24, 2.45) is 0 Å². The average Bonchev–Trinajstić information content (AvgIpc) is 2.28. The maximum Gasteiger partial charge on any atom is 0.274 e. The average molecular weight is 301 g/mol. The molecule has 0 aliphatic rings. The van der Waals surface area contributed by atoms with Crippen molar-refractivity contribution in [1.29, 1.82) is 0 Å². The van der Waals surface area contributed by atoms with Crippen molar-refractivity contribution in [2.45, 2.75) is 6.54 Å². The van der Waals surface area contributed by atoms with Gasteiger partial charge in [-0.25, -0.2) is 4.98 Å². The summed E-state index contributed by atoms with van der Waals surface area (Å²) in [6, 6.07) is 3.74. The van der Waals surface area contributed by atoms with Crippen molar-refractivity contribution in [1.82, 2.24) is 15.2 Å². The van der Waals surface area contributed by atoms with Crippen LogP contribution in [0.5, 0.6) is 0 Å². The molecule has 0 saturated heterocycles. The normalized spacial score (nSPS) is 11.1. The molecule has 1 aromatic heterocycles. The minimum atomic E-state index is -0.484. The monoisotopic (exact) mass is 300 g/mol. The fourth-order valence-electron chi connectivity index (χ4n) is 1.31. The van der Waals surface area contributed by atoms with Crippen molar-refractivity contribution in [3.8, 4) is 0 Å². The lowest BCUT2D eigenvalue weighted by molar-refractivity contribution is -0.404. The SMILES string of the molecule is CN/C(=C/[N+](=O)[O-])N(C)Cc1ccc(Br)nc1. The first-order valence-corrected chi connectivity index (χ1v) is 5.67. The molecule has 0 spiro atoms. The maximum absolute atomic E-state index is 10.4. The molecule has 1 aromatic rings. The van der Waals surface area contributed by atoms with Crippen molar-refractivity contribution in [3.05, 3.63) is 50.6 Å². The largest absolute Gasteiger partial charge is 0.370 e. The van der Waals surface area contributed by atoms with E-state index >= 15 is 0 Å². The first kappa shape index (κ1) is 13.4. The third kappa shape index (κ3) is 4.39. The molecule has 1 rings (SSSR count). The highest BCUT2D eigenvalue weighted by Gasteiger charge is 2.08. The third-order valence-electron chi connectivity index (χ3n) is 2.10. The number of halogens is 1. The van der Waals surface area contributed by atoms with Gasteiger partial charge in [-0.3, -0.25) is 10.1 Å². The summed E-state index contributed by atoms with van der Waals surface area (Å²) in [5, 5.41) is 13.2. The molecule has 92 valence electrons. The highest BCUT2D eigenvalue weighted by atomic mass is 79.9. The van der Waals surface area contributed by atoms with E-state index in [9.17, 15) is 10.1 Å². The molecule has 0 unspecified atom stereocenters. The second kappa shape index (κ2) is 6.19. The first-order valence-electron chi connectivity index (χ1n) is 4.87. The Kier molecular flexibility index (Phi) is 4.89. The van der Waals surface area contributed by atoms with E-state index in [1.165, 1.54) is 0 Å². The molecular formula is C10H13BrN4O2. The number of nitrogens with zero attached hydrogens (tertiary/aromatic N) is 3. The van der Waals surface area contributed by atoms with Crippen LogP contribution in [-0.4, -0.2) is 28.9 Å². The molecular weight excluding hydrogens is 288 g/mol. The smallest absolute Gasteiger partial charge is 0.274 e. The Labute approximate surface area is 108 Å². The van der Waals surface area contributed by atoms with Gasteiger partial charge in [0.2, 0.25) is 0 Å². The quantitative estimate of drug-likeness (QED) is 0.508. The molecule has 0 radical (unpaired) electrons. The number of nitrogens with one attached hydrogen (secondary N) is 1. The Bertz CT molecular complexity index is 419. The highest BCUT2D eigenvalue weighted by Crippen LogP contribution is 2.09. The predicted octanol–water partition coefficient (Wildman–Crippen LogP) is 1.57. The van der Waals surface area contributed by atoms with Gasteiger partial charge in [-0.05, 0) is 27.6 Å². The van der Waals surface area contributed by atoms with Crippen LogP contribution in [0.1, 0.15) is 5.56 Å². The van der Waals surface area contributed by atoms with Gasteiger partial charge in [-0.15, -0.1) is 0 Å². The van der Waals surface area contributed by atoms with Crippen molar-refractivity contribution < 1.29 is 4.92 Å². The standard InChI is InChI=1S/C10H13BrN4O2/c1-12-10(7-15(16)17)14(2)6-8-3-4-9(11)13-5-8/h3-5,7,12H,6H2,1-2H3/b10-7-. The number of rotatable bonds is 5. The van der Waals surface area contributed by atoms with Gasteiger partial charge in [-0.1, -0.05) is 6.07 Å². The lowest BCUT2D eigenvalue weighted by Crippen LogP contribution is -2.26. The van der Waals surface area contributed by atoms with Gasteiger partial charge in [0.05, 0.1) is 4.92 Å². The molecule has 0 amide bonds. The minimum Gasteiger partial charge on any atom is -0.370 e. The Hall–Kier alpha value is -1.63. The molecule has 0 aliphatic heterocycles. The van der Waals surface area contributed by atoms with Crippen LogP contribution in [0.15, 0.2) is 35.0 Å². The molecule has 0 atom stereocenters. The molecule has 0 saturated carbocycles. The van der Waals surface area contributed by atoms with Crippen LogP contribution < -0.4 is 5.32 Å².